The third-order valence-electron chi connectivity index (χ3n) is 3.85. The van der Waals surface area contributed by atoms with Crippen LogP contribution in [0.25, 0.3) is 0 Å². The lowest BCUT2D eigenvalue weighted by Gasteiger charge is -2.33. The van der Waals surface area contributed by atoms with Crippen molar-refractivity contribution in [3.05, 3.63) is 24.3 Å². The van der Waals surface area contributed by atoms with Crippen molar-refractivity contribution in [3.63, 3.8) is 0 Å². The molecule has 3 rings (SSSR count). The van der Waals surface area contributed by atoms with Gasteiger partial charge in [0.25, 0.3) is 0 Å². The van der Waals surface area contributed by atoms with Gasteiger partial charge in [-0.1, -0.05) is 24.3 Å². The molecule has 2 amide bonds. The number of carbonyl (C=O) groups excluding carboxylic acids is 2. The average molecular weight is 204 g/mol. The molecular formula is C11H12N2O2. The number of amides is 2. The van der Waals surface area contributed by atoms with Crippen molar-refractivity contribution in [3.8, 4) is 0 Å². The molecule has 3 N–H and O–H groups in total. The molecule has 0 aromatic rings. The average Bonchev–Trinajstić information content (AvgIpc) is 2.90. The predicted molar refractivity (Wildman–Crippen MR) is 53.5 cm³/mol. The highest BCUT2D eigenvalue weighted by atomic mass is 16.2. The van der Waals surface area contributed by atoms with Crippen molar-refractivity contribution in [2.75, 3.05) is 0 Å². The number of imide groups is 1. The van der Waals surface area contributed by atoms with Gasteiger partial charge in [0.05, 0.1) is 16.9 Å². The van der Waals surface area contributed by atoms with Crippen LogP contribution in [-0.2, 0) is 9.59 Å². The smallest absolute Gasteiger partial charge is 0.235 e. The SMILES string of the molecule is NC1(C23CC2C(=O)NC3=O)C=CC=CC1. The number of hydrogen-bond acceptors (Lipinski definition) is 3. The third-order valence-corrected chi connectivity index (χ3v) is 3.85. The highest BCUT2D eigenvalue weighted by Gasteiger charge is 2.75. The zero-order valence-corrected chi connectivity index (χ0v) is 8.19. The molecule has 0 bridgehead atoms. The Balaban J connectivity index is 2.02. The number of fused-ring (bicyclic) bond motifs is 1. The second kappa shape index (κ2) is 2.39. The maximum atomic E-state index is 11.8. The summed E-state index contributed by atoms with van der Waals surface area (Å²) in [4.78, 5) is 23.2. The van der Waals surface area contributed by atoms with E-state index in [1.54, 1.807) is 0 Å². The van der Waals surface area contributed by atoms with Gasteiger partial charge < -0.3 is 5.73 Å². The van der Waals surface area contributed by atoms with Crippen LogP contribution in [0.5, 0.6) is 0 Å². The minimum absolute atomic E-state index is 0.159. The third kappa shape index (κ3) is 0.855. The lowest BCUT2D eigenvalue weighted by atomic mass is 9.76. The van der Waals surface area contributed by atoms with Crippen molar-refractivity contribution in [2.24, 2.45) is 17.1 Å². The Labute approximate surface area is 87.2 Å². The van der Waals surface area contributed by atoms with Crippen LogP contribution >= 0.6 is 0 Å². The Morgan fingerprint density at radius 1 is 1.40 bits per heavy atom. The number of carbonyl (C=O) groups is 2. The van der Waals surface area contributed by atoms with Crippen LogP contribution in [0.4, 0.5) is 0 Å². The lowest BCUT2D eigenvalue weighted by molar-refractivity contribution is -0.129. The van der Waals surface area contributed by atoms with E-state index in [0.29, 0.717) is 12.8 Å². The first-order valence-electron chi connectivity index (χ1n) is 5.09. The van der Waals surface area contributed by atoms with Gasteiger partial charge >= 0.3 is 0 Å². The van der Waals surface area contributed by atoms with Gasteiger partial charge in [0, 0.05) is 0 Å². The van der Waals surface area contributed by atoms with Crippen LogP contribution in [0.15, 0.2) is 24.3 Å². The molecule has 78 valence electrons. The van der Waals surface area contributed by atoms with Gasteiger partial charge in [-0.15, -0.1) is 0 Å². The Bertz CT molecular complexity index is 426. The first-order valence-corrected chi connectivity index (χ1v) is 5.09. The second-order valence-electron chi connectivity index (χ2n) is 4.58. The summed E-state index contributed by atoms with van der Waals surface area (Å²) in [6.07, 6.45) is 8.79. The molecule has 0 aromatic heterocycles. The second-order valence-corrected chi connectivity index (χ2v) is 4.58. The van der Waals surface area contributed by atoms with Gasteiger partial charge in [-0.05, 0) is 12.8 Å². The normalized spacial score (nSPS) is 46.6. The van der Waals surface area contributed by atoms with Gasteiger partial charge in [-0.3, -0.25) is 14.9 Å². The number of rotatable bonds is 1. The molecule has 1 saturated heterocycles. The number of nitrogens with one attached hydrogen (secondary N) is 1. The summed E-state index contributed by atoms with van der Waals surface area (Å²) in [7, 11) is 0. The molecule has 4 heteroatoms. The molecule has 3 atom stereocenters. The van der Waals surface area contributed by atoms with Gasteiger partial charge in [0.15, 0.2) is 0 Å². The number of hydrogen-bond donors (Lipinski definition) is 2. The molecule has 0 aromatic carbocycles. The fraction of sp³-hybridized carbons (Fsp3) is 0.455. The van der Waals surface area contributed by atoms with Crippen LogP contribution in [0.3, 0.4) is 0 Å². The van der Waals surface area contributed by atoms with Crippen LogP contribution < -0.4 is 11.1 Å². The standard InChI is InChI=1S/C11H12N2O2/c12-10(4-2-1-3-5-10)11-6-7(11)8(14)13-9(11)15/h1-4,7H,5-6,12H2,(H,13,14,15). The predicted octanol–water partition coefficient (Wildman–Crippen LogP) is -0.137. The molecular weight excluding hydrogens is 192 g/mol. The molecule has 1 heterocycles. The lowest BCUT2D eigenvalue weighted by Crippen LogP contribution is -2.52. The Hall–Kier alpha value is -1.42. The van der Waals surface area contributed by atoms with Crippen molar-refractivity contribution in [1.29, 1.82) is 0 Å². The Kier molecular flexibility index (Phi) is 1.41. The van der Waals surface area contributed by atoms with Crippen molar-refractivity contribution in [1.82, 2.24) is 5.32 Å². The minimum atomic E-state index is -0.678. The summed E-state index contributed by atoms with van der Waals surface area (Å²) >= 11 is 0. The summed E-state index contributed by atoms with van der Waals surface area (Å²) in [5, 5.41) is 2.36. The largest absolute Gasteiger partial charge is 0.321 e. The molecule has 0 spiro atoms. The van der Waals surface area contributed by atoms with E-state index in [2.05, 4.69) is 5.32 Å². The van der Waals surface area contributed by atoms with E-state index in [-0.39, 0.29) is 17.7 Å². The summed E-state index contributed by atoms with van der Waals surface area (Å²) in [6.45, 7) is 0. The van der Waals surface area contributed by atoms with Gasteiger partial charge in [-0.25, -0.2) is 0 Å². The topological polar surface area (TPSA) is 72.2 Å². The van der Waals surface area contributed by atoms with Crippen LogP contribution in [0.1, 0.15) is 12.8 Å². The monoisotopic (exact) mass is 204 g/mol. The molecule has 2 aliphatic carbocycles. The van der Waals surface area contributed by atoms with Crippen LogP contribution in [0.2, 0.25) is 0 Å². The fourth-order valence-corrected chi connectivity index (χ4v) is 2.83. The van der Waals surface area contributed by atoms with Crippen LogP contribution in [-0.4, -0.2) is 17.4 Å². The summed E-state index contributed by atoms with van der Waals surface area (Å²) in [5.74, 6) is -0.557. The molecule has 3 unspecified atom stereocenters. The van der Waals surface area contributed by atoms with Crippen molar-refractivity contribution >= 4 is 11.8 Å². The number of piperidine rings is 1. The Morgan fingerprint density at radius 2 is 2.20 bits per heavy atom. The van der Waals surface area contributed by atoms with Gasteiger partial charge in [0.2, 0.25) is 11.8 Å². The van der Waals surface area contributed by atoms with E-state index in [1.807, 2.05) is 24.3 Å². The zero-order valence-electron chi connectivity index (χ0n) is 8.19. The van der Waals surface area contributed by atoms with E-state index >= 15 is 0 Å². The van der Waals surface area contributed by atoms with Crippen LogP contribution in [0, 0.1) is 11.3 Å². The summed E-state index contributed by atoms with van der Waals surface area (Å²) < 4.78 is 0. The molecule has 1 saturated carbocycles. The van der Waals surface area contributed by atoms with Crippen molar-refractivity contribution < 1.29 is 9.59 Å². The van der Waals surface area contributed by atoms with E-state index in [9.17, 15) is 9.59 Å². The highest BCUT2D eigenvalue weighted by Crippen LogP contribution is 2.63. The minimum Gasteiger partial charge on any atom is -0.321 e. The molecule has 1 aliphatic heterocycles. The number of nitrogens with two attached hydrogens (primary N) is 1. The maximum absolute atomic E-state index is 11.8. The fourth-order valence-electron chi connectivity index (χ4n) is 2.83. The molecule has 3 aliphatic rings. The molecule has 2 fully saturated rings. The molecule has 0 radical (unpaired) electrons. The quantitative estimate of drug-likeness (QED) is 0.584. The molecule has 15 heavy (non-hydrogen) atoms. The summed E-state index contributed by atoms with van der Waals surface area (Å²) in [6, 6.07) is 0. The molecule has 4 nitrogen and oxygen atoms in total. The first-order chi connectivity index (χ1) is 7.10. The Morgan fingerprint density at radius 3 is 2.67 bits per heavy atom. The van der Waals surface area contributed by atoms with E-state index in [4.69, 9.17) is 5.73 Å². The van der Waals surface area contributed by atoms with Gasteiger partial charge in [-0.2, -0.15) is 0 Å². The zero-order chi connectivity index (χ0) is 10.7. The van der Waals surface area contributed by atoms with E-state index in [0.717, 1.165) is 0 Å². The highest BCUT2D eigenvalue weighted by molar-refractivity contribution is 6.12. The number of allylic oxidation sites excluding steroid dienone is 2. The van der Waals surface area contributed by atoms with E-state index < -0.39 is 11.0 Å². The maximum Gasteiger partial charge on any atom is 0.235 e. The summed E-state index contributed by atoms with van der Waals surface area (Å²) in [5.41, 5.74) is 4.90. The van der Waals surface area contributed by atoms with Crippen molar-refractivity contribution in [2.45, 2.75) is 18.4 Å². The van der Waals surface area contributed by atoms with Gasteiger partial charge in [0.1, 0.15) is 0 Å². The van der Waals surface area contributed by atoms with E-state index in [1.165, 1.54) is 0 Å². The first kappa shape index (κ1) is 8.85.